The normalized spacial score (nSPS) is 12.8. The van der Waals surface area contributed by atoms with Gasteiger partial charge >= 0.3 is 7.60 Å². The molecule has 0 aromatic heterocycles. The maximum absolute atomic E-state index is 12.0. The highest BCUT2D eigenvalue weighted by molar-refractivity contribution is 7.54. The van der Waals surface area contributed by atoms with Crippen molar-refractivity contribution in [1.29, 1.82) is 0 Å². The molecule has 0 aliphatic heterocycles. The van der Waals surface area contributed by atoms with Crippen LogP contribution in [0.15, 0.2) is 0 Å². The molecule has 0 aromatic rings. The van der Waals surface area contributed by atoms with Gasteiger partial charge in [-0.1, -0.05) is 20.8 Å². The van der Waals surface area contributed by atoms with Gasteiger partial charge in [0.2, 0.25) is 0 Å². The Labute approximate surface area is 98.2 Å². The van der Waals surface area contributed by atoms with Gasteiger partial charge in [0.05, 0.1) is 13.2 Å². The maximum Gasteiger partial charge on any atom is 0.338 e. The summed E-state index contributed by atoms with van der Waals surface area (Å²) in [5.41, 5.74) is -0.0969. The van der Waals surface area contributed by atoms with Crippen molar-refractivity contribution in [2.45, 2.75) is 41.0 Å². The SMILES string of the molecule is CCOP(=O)(CC(=O)CC(C)(C)C)OCC. The van der Waals surface area contributed by atoms with Crippen LogP contribution in [0.25, 0.3) is 0 Å². The minimum atomic E-state index is -3.21. The minimum Gasteiger partial charge on any atom is -0.309 e. The summed E-state index contributed by atoms with van der Waals surface area (Å²) in [6, 6.07) is 0. The second-order valence-corrected chi connectivity index (χ2v) is 6.94. The Balaban J connectivity index is 4.41. The number of Topliss-reactive ketones (excluding diaryl/α,β-unsaturated/α-hetero) is 1. The minimum absolute atomic E-state index is 0.0715. The van der Waals surface area contributed by atoms with E-state index in [4.69, 9.17) is 9.05 Å². The zero-order valence-electron chi connectivity index (χ0n) is 10.9. The number of carbonyl (C=O) groups is 1. The molecule has 0 spiro atoms. The molecular formula is C11H23O4P. The molecule has 0 bridgehead atoms. The van der Waals surface area contributed by atoms with E-state index in [9.17, 15) is 9.36 Å². The third-order valence-corrected chi connectivity index (χ3v) is 3.79. The van der Waals surface area contributed by atoms with Crippen LogP contribution >= 0.6 is 7.60 Å². The van der Waals surface area contributed by atoms with Crippen LogP contribution in [0.3, 0.4) is 0 Å². The molecule has 0 radical (unpaired) electrons. The molecule has 0 unspecified atom stereocenters. The Morgan fingerprint density at radius 1 is 1.12 bits per heavy atom. The summed E-state index contributed by atoms with van der Waals surface area (Å²) in [7, 11) is -3.21. The number of hydrogen-bond acceptors (Lipinski definition) is 4. The van der Waals surface area contributed by atoms with Gasteiger partial charge in [0.1, 0.15) is 11.9 Å². The molecule has 4 nitrogen and oxygen atoms in total. The van der Waals surface area contributed by atoms with Gasteiger partial charge in [0.15, 0.2) is 0 Å². The van der Waals surface area contributed by atoms with E-state index in [1.807, 2.05) is 20.8 Å². The predicted octanol–water partition coefficient (Wildman–Crippen LogP) is 3.26. The van der Waals surface area contributed by atoms with Crippen LogP contribution < -0.4 is 0 Å². The molecule has 0 rings (SSSR count). The Morgan fingerprint density at radius 3 is 1.88 bits per heavy atom. The lowest BCUT2D eigenvalue weighted by molar-refractivity contribution is -0.118. The van der Waals surface area contributed by atoms with Crippen molar-refractivity contribution >= 4 is 13.4 Å². The lowest BCUT2D eigenvalue weighted by atomic mass is 9.90. The van der Waals surface area contributed by atoms with Crippen LogP contribution in [-0.4, -0.2) is 25.2 Å². The standard InChI is InChI=1S/C11H23O4P/c1-6-14-16(13,15-7-2)9-10(12)8-11(3,4)5/h6-9H2,1-5H3. The Morgan fingerprint density at radius 2 is 1.56 bits per heavy atom. The van der Waals surface area contributed by atoms with Crippen LogP contribution in [0.4, 0.5) is 0 Å². The van der Waals surface area contributed by atoms with E-state index in [0.29, 0.717) is 19.6 Å². The predicted molar refractivity (Wildman–Crippen MR) is 64.8 cm³/mol. The summed E-state index contributed by atoms with van der Waals surface area (Å²) >= 11 is 0. The van der Waals surface area contributed by atoms with Crippen molar-refractivity contribution in [2.24, 2.45) is 5.41 Å². The van der Waals surface area contributed by atoms with Crippen molar-refractivity contribution in [3.8, 4) is 0 Å². The highest BCUT2D eigenvalue weighted by atomic mass is 31.2. The van der Waals surface area contributed by atoms with Crippen molar-refractivity contribution in [2.75, 3.05) is 19.4 Å². The van der Waals surface area contributed by atoms with Gasteiger partial charge in [0.25, 0.3) is 0 Å². The van der Waals surface area contributed by atoms with Crippen molar-refractivity contribution in [1.82, 2.24) is 0 Å². The molecule has 0 heterocycles. The molecular weight excluding hydrogens is 227 g/mol. The quantitative estimate of drug-likeness (QED) is 0.651. The molecule has 0 N–H and O–H groups in total. The molecule has 0 saturated carbocycles. The van der Waals surface area contributed by atoms with E-state index in [1.54, 1.807) is 13.8 Å². The second-order valence-electron chi connectivity index (χ2n) is 4.88. The lowest BCUT2D eigenvalue weighted by Gasteiger charge is -2.20. The van der Waals surface area contributed by atoms with Gasteiger partial charge in [-0.05, 0) is 19.3 Å². The highest BCUT2D eigenvalue weighted by Crippen LogP contribution is 2.48. The zero-order chi connectivity index (χ0) is 12.8. The summed E-state index contributed by atoms with van der Waals surface area (Å²) in [6.45, 7) is 9.96. The zero-order valence-corrected chi connectivity index (χ0v) is 11.8. The first-order valence-corrected chi connectivity index (χ1v) is 7.35. The number of ketones is 1. The van der Waals surface area contributed by atoms with Crippen molar-refractivity contribution in [3.63, 3.8) is 0 Å². The van der Waals surface area contributed by atoms with Gasteiger partial charge in [-0.15, -0.1) is 0 Å². The average molecular weight is 250 g/mol. The molecule has 0 amide bonds. The fourth-order valence-corrected chi connectivity index (χ4v) is 2.97. The third kappa shape index (κ3) is 7.15. The first-order chi connectivity index (χ1) is 7.22. The van der Waals surface area contributed by atoms with E-state index in [-0.39, 0.29) is 17.4 Å². The van der Waals surface area contributed by atoms with Crippen LogP contribution in [0.1, 0.15) is 41.0 Å². The highest BCUT2D eigenvalue weighted by Gasteiger charge is 2.29. The van der Waals surface area contributed by atoms with Gasteiger partial charge in [-0.2, -0.15) is 0 Å². The van der Waals surface area contributed by atoms with E-state index in [1.165, 1.54) is 0 Å². The van der Waals surface area contributed by atoms with Gasteiger partial charge in [-0.25, -0.2) is 0 Å². The summed E-state index contributed by atoms with van der Waals surface area (Å²) in [4.78, 5) is 11.7. The Kier molecular flexibility index (Phi) is 6.46. The molecule has 0 aliphatic rings. The number of carbonyl (C=O) groups excluding carboxylic acids is 1. The molecule has 0 atom stereocenters. The summed E-state index contributed by atoms with van der Waals surface area (Å²) < 4.78 is 22.2. The fourth-order valence-electron chi connectivity index (χ4n) is 1.39. The summed E-state index contributed by atoms with van der Waals surface area (Å²) in [5.74, 6) is -0.0715. The first-order valence-electron chi connectivity index (χ1n) is 5.62. The Hall–Kier alpha value is -0.180. The fraction of sp³-hybridized carbons (Fsp3) is 0.909. The molecule has 96 valence electrons. The molecule has 5 heteroatoms. The first kappa shape index (κ1) is 15.8. The van der Waals surface area contributed by atoms with Crippen molar-refractivity contribution in [3.05, 3.63) is 0 Å². The molecule has 0 aromatic carbocycles. The van der Waals surface area contributed by atoms with E-state index < -0.39 is 7.60 Å². The molecule has 0 saturated heterocycles. The largest absolute Gasteiger partial charge is 0.338 e. The van der Waals surface area contributed by atoms with Crippen LogP contribution in [-0.2, 0) is 18.4 Å². The van der Waals surface area contributed by atoms with Crippen LogP contribution in [0, 0.1) is 5.41 Å². The van der Waals surface area contributed by atoms with Gasteiger partial charge < -0.3 is 9.05 Å². The van der Waals surface area contributed by atoms with E-state index in [2.05, 4.69) is 0 Å². The average Bonchev–Trinajstić information content (AvgIpc) is 1.99. The summed E-state index contributed by atoms with van der Waals surface area (Å²) in [6.07, 6.45) is 0.267. The molecule has 0 fully saturated rings. The Bertz CT molecular complexity index is 258. The smallest absolute Gasteiger partial charge is 0.309 e. The van der Waals surface area contributed by atoms with E-state index in [0.717, 1.165) is 0 Å². The number of hydrogen-bond donors (Lipinski definition) is 0. The van der Waals surface area contributed by atoms with Crippen molar-refractivity contribution < 1.29 is 18.4 Å². The van der Waals surface area contributed by atoms with Crippen LogP contribution in [0.2, 0.25) is 0 Å². The van der Waals surface area contributed by atoms with Crippen LogP contribution in [0.5, 0.6) is 0 Å². The molecule has 0 aliphatic carbocycles. The number of rotatable bonds is 7. The van der Waals surface area contributed by atoms with Gasteiger partial charge in [-0.3, -0.25) is 9.36 Å². The molecule has 16 heavy (non-hydrogen) atoms. The maximum atomic E-state index is 12.0. The lowest BCUT2D eigenvalue weighted by Crippen LogP contribution is -2.17. The van der Waals surface area contributed by atoms with Gasteiger partial charge in [0, 0.05) is 6.42 Å². The summed E-state index contributed by atoms with van der Waals surface area (Å²) in [5, 5.41) is 0. The third-order valence-electron chi connectivity index (χ3n) is 1.75. The topological polar surface area (TPSA) is 52.6 Å². The second kappa shape index (κ2) is 6.53. The monoisotopic (exact) mass is 250 g/mol. The van der Waals surface area contributed by atoms with E-state index >= 15 is 0 Å².